The molecule has 0 atom stereocenters. The van der Waals surface area contributed by atoms with Crippen molar-refractivity contribution in [2.45, 2.75) is 6.42 Å². The maximum atomic E-state index is 12.6. The zero-order chi connectivity index (χ0) is 19.0. The predicted octanol–water partition coefficient (Wildman–Crippen LogP) is 3.45. The van der Waals surface area contributed by atoms with E-state index in [9.17, 15) is 20.0 Å². The van der Waals surface area contributed by atoms with Crippen LogP contribution in [0.3, 0.4) is 0 Å². The first-order valence-electron chi connectivity index (χ1n) is 8.55. The second kappa shape index (κ2) is 6.60. The lowest BCUT2D eigenvalue weighted by molar-refractivity contribution is -0.384. The average molecular weight is 363 g/mol. The number of amides is 1. The fourth-order valence-electron chi connectivity index (χ4n) is 3.47. The van der Waals surface area contributed by atoms with E-state index >= 15 is 0 Å². The van der Waals surface area contributed by atoms with Gasteiger partial charge in [0.1, 0.15) is 5.75 Å². The Labute approximate surface area is 155 Å². The number of hydrogen-bond acceptors (Lipinski definition) is 5. The maximum Gasteiger partial charge on any atom is 0.269 e. The Morgan fingerprint density at radius 2 is 2.04 bits per heavy atom. The number of nitrogens with one attached hydrogen (secondary N) is 1. The van der Waals surface area contributed by atoms with Crippen LogP contribution in [0, 0.1) is 10.1 Å². The molecular formula is C20H17N3O4. The Kier molecular flexibility index (Phi) is 4.12. The van der Waals surface area contributed by atoms with E-state index in [0.29, 0.717) is 18.7 Å². The number of hydrogen-bond donors (Lipinski definition) is 2. The normalized spacial score (nSPS) is 12.8. The number of nitro groups is 1. The van der Waals surface area contributed by atoms with Crippen molar-refractivity contribution in [2.75, 3.05) is 23.3 Å². The average Bonchev–Trinajstić information content (AvgIpc) is 3.04. The number of anilines is 2. The standard InChI is InChI=1S/C20H17N3O4/c24-16-6-4-13-2-1-3-18(17(13)11-16)21-20(25)12-22-9-8-14-10-15(23(26)27)5-7-19(14)22/h1-7,10-11,24H,8-9,12H2,(H,21,25). The Morgan fingerprint density at radius 1 is 1.19 bits per heavy atom. The van der Waals surface area contributed by atoms with Crippen molar-refractivity contribution in [1.82, 2.24) is 0 Å². The molecule has 1 heterocycles. The summed E-state index contributed by atoms with van der Waals surface area (Å²) < 4.78 is 0. The summed E-state index contributed by atoms with van der Waals surface area (Å²) in [5.41, 5.74) is 2.44. The summed E-state index contributed by atoms with van der Waals surface area (Å²) in [5, 5.41) is 25.2. The molecule has 0 saturated heterocycles. The molecule has 0 bridgehead atoms. The van der Waals surface area contributed by atoms with Crippen LogP contribution in [0.2, 0.25) is 0 Å². The molecule has 1 amide bonds. The van der Waals surface area contributed by atoms with Crippen molar-refractivity contribution in [3.05, 3.63) is 70.3 Å². The van der Waals surface area contributed by atoms with Crippen LogP contribution >= 0.6 is 0 Å². The molecule has 136 valence electrons. The Morgan fingerprint density at radius 3 is 2.85 bits per heavy atom. The fraction of sp³-hybridized carbons (Fsp3) is 0.150. The predicted molar refractivity (Wildman–Crippen MR) is 103 cm³/mol. The van der Waals surface area contributed by atoms with Gasteiger partial charge in [0.15, 0.2) is 0 Å². The number of rotatable bonds is 4. The summed E-state index contributed by atoms with van der Waals surface area (Å²) in [5.74, 6) is -0.0451. The number of phenolic OH excluding ortho intramolecular Hbond substituents is 1. The Hall–Kier alpha value is -3.61. The molecule has 1 aliphatic heterocycles. The Balaban J connectivity index is 1.52. The molecule has 7 heteroatoms. The quantitative estimate of drug-likeness (QED) is 0.547. The van der Waals surface area contributed by atoms with Gasteiger partial charge in [-0.15, -0.1) is 0 Å². The van der Waals surface area contributed by atoms with Gasteiger partial charge >= 0.3 is 0 Å². The second-order valence-corrected chi connectivity index (χ2v) is 6.50. The lowest BCUT2D eigenvalue weighted by Gasteiger charge is -2.19. The van der Waals surface area contributed by atoms with Gasteiger partial charge in [-0.2, -0.15) is 0 Å². The van der Waals surface area contributed by atoms with Crippen LogP contribution in [-0.4, -0.2) is 29.0 Å². The van der Waals surface area contributed by atoms with Crippen LogP contribution in [0.4, 0.5) is 17.1 Å². The summed E-state index contributed by atoms with van der Waals surface area (Å²) in [6.45, 7) is 0.792. The molecule has 0 aromatic heterocycles. The largest absolute Gasteiger partial charge is 0.508 e. The topological polar surface area (TPSA) is 95.7 Å². The molecule has 7 nitrogen and oxygen atoms in total. The molecule has 0 aliphatic carbocycles. The monoisotopic (exact) mass is 363 g/mol. The smallest absolute Gasteiger partial charge is 0.269 e. The molecule has 0 spiro atoms. The lowest BCUT2D eigenvalue weighted by atomic mass is 10.1. The summed E-state index contributed by atoms with van der Waals surface area (Å²) in [6, 6.07) is 15.3. The minimum absolute atomic E-state index is 0.0654. The van der Waals surface area contributed by atoms with Gasteiger partial charge in [0.05, 0.1) is 11.5 Å². The molecule has 3 aromatic rings. The number of carbonyl (C=O) groups is 1. The van der Waals surface area contributed by atoms with Crippen LogP contribution in [0.1, 0.15) is 5.56 Å². The van der Waals surface area contributed by atoms with Crippen molar-refractivity contribution in [1.29, 1.82) is 0 Å². The van der Waals surface area contributed by atoms with E-state index in [4.69, 9.17) is 0 Å². The molecule has 4 rings (SSSR count). The van der Waals surface area contributed by atoms with Gasteiger partial charge < -0.3 is 15.3 Å². The highest BCUT2D eigenvalue weighted by molar-refractivity contribution is 6.03. The minimum Gasteiger partial charge on any atom is -0.508 e. The van der Waals surface area contributed by atoms with E-state index in [1.807, 2.05) is 17.0 Å². The van der Waals surface area contributed by atoms with Gasteiger partial charge in [-0.05, 0) is 41.6 Å². The highest BCUT2D eigenvalue weighted by atomic mass is 16.6. The van der Waals surface area contributed by atoms with E-state index in [-0.39, 0.29) is 23.9 Å². The summed E-state index contributed by atoms with van der Waals surface area (Å²) in [7, 11) is 0. The van der Waals surface area contributed by atoms with Crippen molar-refractivity contribution >= 4 is 33.7 Å². The van der Waals surface area contributed by atoms with Crippen LogP contribution in [-0.2, 0) is 11.2 Å². The highest BCUT2D eigenvalue weighted by Crippen LogP contribution is 2.31. The Bertz CT molecular complexity index is 1060. The summed E-state index contributed by atoms with van der Waals surface area (Å²) in [6.07, 6.45) is 0.673. The van der Waals surface area contributed by atoms with Gasteiger partial charge in [-0.3, -0.25) is 14.9 Å². The number of phenols is 1. The second-order valence-electron chi connectivity index (χ2n) is 6.50. The van der Waals surface area contributed by atoms with E-state index in [1.165, 1.54) is 6.07 Å². The van der Waals surface area contributed by atoms with Gasteiger partial charge in [0.25, 0.3) is 5.69 Å². The molecule has 27 heavy (non-hydrogen) atoms. The molecule has 0 radical (unpaired) electrons. The van der Waals surface area contributed by atoms with Crippen molar-refractivity contribution in [2.24, 2.45) is 0 Å². The number of non-ortho nitro benzene ring substituents is 1. The maximum absolute atomic E-state index is 12.6. The zero-order valence-electron chi connectivity index (χ0n) is 14.4. The number of carbonyl (C=O) groups excluding carboxylic acids is 1. The molecule has 3 aromatic carbocycles. The SMILES string of the molecule is O=C(CN1CCc2cc([N+](=O)[O-])ccc21)Nc1cccc2ccc(O)cc12. The van der Waals surface area contributed by atoms with Gasteiger partial charge in [0, 0.05) is 35.4 Å². The lowest BCUT2D eigenvalue weighted by Crippen LogP contribution is -2.31. The van der Waals surface area contributed by atoms with Crippen molar-refractivity contribution in [3.8, 4) is 5.75 Å². The van der Waals surface area contributed by atoms with Crippen LogP contribution in [0.15, 0.2) is 54.6 Å². The molecule has 0 fully saturated rings. The molecule has 0 saturated carbocycles. The first kappa shape index (κ1) is 16.8. The third kappa shape index (κ3) is 3.27. The van der Waals surface area contributed by atoms with Crippen LogP contribution in [0.25, 0.3) is 10.8 Å². The number of benzene rings is 3. The molecular weight excluding hydrogens is 346 g/mol. The van der Waals surface area contributed by atoms with Crippen molar-refractivity contribution in [3.63, 3.8) is 0 Å². The first-order chi connectivity index (χ1) is 13.0. The molecule has 0 unspecified atom stereocenters. The number of nitro benzene ring substituents is 1. The number of nitrogens with zero attached hydrogens (tertiary/aromatic N) is 2. The van der Waals surface area contributed by atoms with Crippen LogP contribution in [0.5, 0.6) is 5.75 Å². The van der Waals surface area contributed by atoms with E-state index in [0.717, 1.165) is 22.0 Å². The van der Waals surface area contributed by atoms with Gasteiger partial charge in [-0.25, -0.2) is 0 Å². The highest BCUT2D eigenvalue weighted by Gasteiger charge is 2.23. The summed E-state index contributed by atoms with van der Waals surface area (Å²) in [4.78, 5) is 25.0. The van der Waals surface area contributed by atoms with Gasteiger partial charge in [-0.1, -0.05) is 18.2 Å². The number of aromatic hydroxyl groups is 1. The first-order valence-corrected chi connectivity index (χ1v) is 8.55. The third-order valence-electron chi connectivity index (χ3n) is 4.74. The van der Waals surface area contributed by atoms with E-state index < -0.39 is 4.92 Å². The third-order valence-corrected chi connectivity index (χ3v) is 4.74. The summed E-state index contributed by atoms with van der Waals surface area (Å²) >= 11 is 0. The molecule has 1 aliphatic rings. The number of fused-ring (bicyclic) bond motifs is 2. The van der Waals surface area contributed by atoms with E-state index in [1.54, 1.807) is 36.4 Å². The minimum atomic E-state index is -0.411. The van der Waals surface area contributed by atoms with E-state index in [2.05, 4.69) is 5.32 Å². The van der Waals surface area contributed by atoms with Crippen molar-refractivity contribution < 1.29 is 14.8 Å². The molecule has 2 N–H and O–H groups in total. The van der Waals surface area contributed by atoms with Crippen LogP contribution < -0.4 is 10.2 Å². The zero-order valence-corrected chi connectivity index (χ0v) is 14.4. The van der Waals surface area contributed by atoms with Gasteiger partial charge in [0.2, 0.25) is 5.91 Å². The fourth-order valence-corrected chi connectivity index (χ4v) is 3.47.